The van der Waals surface area contributed by atoms with Crippen LogP contribution >= 0.6 is 0 Å². The second-order valence-corrected chi connectivity index (χ2v) is 5.95. The lowest BCUT2D eigenvalue weighted by Gasteiger charge is -2.35. The summed E-state index contributed by atoms with van der Waals surface area (Å²) in [4.78, 5) is 23.0. The van der Waals surface area contributed by atoms with Gasteiger partial charge in [-0.1, -0.05) is 27.2 Å². The van der Waals surface area contributed by atoms with Gasteiger partial charge < -0.3 is 14.2 Å². The molecule has 0 radical (unpaired) electrons. The maximum absolute atomic E-state index is 11.8. The summed E-state index contributed by atoms with van der Waals surface area (Å²) < 4.78 is 15.8. The zero-order valence-electron chi connectivity index (χ0n) is 13.5. The first kappa shape index (κ1) is 18.0. The van der Waals surface area contributed by atoms with Crippen molar-refractivity contribution in [3.63, 3.8) is 0 Å². The van der Waals surface area contributed by atoms with E-state index in [1.54, 1.807) is 13.8 Å². The summed E-state index contributed by atoms with van der Waals surface area (Å²) in [6.45, 7) is 5.91. The van der Waals surface area contributed by atoms with Crippen molar-refractivity contribution in [2.45, 2.75) is 64.9 Å². The van der Waals surface area contributed by atoms with Gasteiger partial charge in [-0.3, -0.25) is 4.79 Å². The van der Waals surface area contributed by atoms with Crippen molar-refractivity contribution in [1.82, 2.24) is 0 Å². The zero-order chi connectivity index (χ0) is 15.7. The van der Waals surface area contributed by atoms with Crippen molar-refractivity contribution >= 4 is 11.9 Å². The number of ether oxygens (including phenoxy) is 3. The summed E-state index contributed by atoms with van der Waals surface area (Å²) in [5.74, 6) is -0.729. The Labute approximate surface area is 127 Å². The lowest BCUT2D eigenvalue weighted by Crippen LogP contribution is -2.37. The van der Waals surface area contributed by atoms with Crippen LogP contribution in [-0.2, 0) is 23.8 Å². The molecule has 0 aromatic carbocycles. The summed E-state index contributed by atoms with van der Waals surface area (Å²) in [6, 6.07) is 0. The summed E-state index contributed by atoms with van der Waals surface area (Å²) in [6.07, 6.45) is 6.20. The van der Waals surface area contributed by atoms with Crippen LogP contribution in [0.5, 0.6) is 0 Å². The molecule has 0 bridgehead atoms. The van der Waals surface area contributed by atoms with Crippen molar-refractivity contribution in [1.29, 1.82) is 0 Å². The summed E-state index contributed by atoms with van der Waals surface area (Å²) >= 11 is 0. The minimum atomic E-state index is -0.325. The van der Waals surface area contributed by atoms with Crippen LogP contribution in [0.3, 0.4) is 0 Å². The number of rotatable bonds is 8. The number of hydrogen-bond acceptors (Lipinski definition) is 5. The summed E-state index contributed by atoms with van der Waals surface area (Å²) in [7, 11) is 0. The monoisotopic (exact) mass is 300 g/mol. The lowest BCUT2D eigenvalue weighted by atomic mass is 9.83. The van der Waals surface area contributed by atoms with Crippen LogP contribution in [0.1, 0.15) is 59.3 Å². The molecule has 1 aliphatic carbocycles. The maximum atomic E-state index is 11.8. The van der Waals surface area contributed by atoms with E-state index in [-0.39, 0.29) is 43.3 Å². The average molecular weight is 300 g/mol. The van der Waals surface area contributed by atoms with Gasteiger partial charge in [0, 0.05) is 0 Å². The number of carbonyl (C=O) groups excluding carboxylic acids is 2. The first-order valence-corrected chi connectivity index (χ1v) is 7.95. The fourth-order valence-electron chi connectivity index (χ4n) is 2.52. The van der Waals surface area contributed by atoms with Crippen LogP contribution in [0.2, 0.25) is 0 Å². The van der Waals surface area contributed by atoms with Crippen molar-refractivity contribution in [2.75, 3.05) is 19.8 Å². The van der Waals surface area contributed by atoms with Crippen LogP contribution in [-0.4, -0.2) is 37.4 Å². The molecule has 0 saturated heterocycles. The molecule has 0 spiro atoms. The zero-order valence-corrected chi connectivity index (χ0v) is 13.5. The predicted molar refractivity (Wildman–Crippen MR) is 78.8 cm³/mol. The van der Waals surface area contributed by atoms with Crippen molar-refractivity contribution < 1.29 is 23.8 Å². The van der Waals surface area contributed by atoms with Gasteiger partial charge in [0.05, 0.1) is 12.5 Å². The molecule has 5 nitrogen and oxygen atoms in total. The van der Waals surface area contributed by atoms with Crippen molar-refractivity contribution in [2.24, 2.45) is 5.92 Å². The maximum Gasteiger partial charge on any atom is 0.332 e. The molecular weight excluding hydrogens is 272 g/mol. The smallest absolute Gasteiger partial charge is 0.332 e. The van der Waals surface area contributed by atoms with Crippen LogP contribution in [0, 0.1) is 5.92 Å². The van der Waals surface area contributed by atoms with E-state index in [9.17, 15) is 9.59 Å². The average Bonchev–Trinajstić information content (AvgIpc) is 2.47. The molecule has 0 atom stereocenters. The molecule has 0 unspecified atom stereocenters. The van der Waals surface area contributed by atoms with Crippen molar-refractivity contribution in [3.8, 4) is 0 Å². The SMILES string of the molecule is CCC1(OC(=O)COCCOC(=O)C(C)C)CCCCC1. The Balaban J connectivity index is 2.17. The first-order chi connectivity index (χ1) is 9.99. The number of hydrogen-bond donors (Lipinski definition) is 0. The Morgan fingerprint density at radius 3 is 2.33 bits per heavy atom. The van der Waals surface area contributed by atoms with E-state index in [1.807, 2.05) is 0 Å². The molecule has 5 heteroatoms. The Kier molecular flexibility index (Phi) is 7.72. The molecule has 1 fully saturated rings. The van der Waals surface area contributed by atoms with Gasteiger partial charge in [0.2, 0.25) is 0 Å². The van der Waals surface area contributed by atoms with E-state index < -0.39 is 0 Å². The Morgan fingerprint density at radius 1 is 1.10 bits per heavy atom. The number of carbonyl (C=O) groups is 2. The molecular formula is C16H28O5. The van der Waals surface area contributed by atoms with Crippen LogP contribution in [0.15, 0.2) is 0 Å². The summed E-state index contributed by atoms with van der Waals surface area (Å²) in [5, 5.41) is 0. The van der Waals surface area contributed by atoms with E-state index in [1.165, 1.54) is 6.42 Å². The third kappa shape index (κ3) is 6.46. The highest BCUT2D eigenvalue weighted by Crippen LogP contribution is 2.34. The third-order valence-corrected chi connectivity index (χ3v) is 3.90. The standard InChI is InChI=1S/C16H28O5/c1-4-16(8-6-5-7-9-16)21-14(17)12-19-10-11-20-15(18)13(2)3/h13H,4-12H2,1-3H3. The molecule has 21 heavy (non-hydrogen) atoms. The van der Waals surface area contributed by atoms with E-state index in [2.05, 4.69) is 6.92 Å². The van der Waals surface area contributed by atoms with Gasteiger partial charge in [0.1, 0.15) is 18.8 Å². The third-order valence-electron chi connectivity index (χ3n) is 3.90. The highest BCUT2D eigenvalue weighted by atomic mass is 16.6. The van der Waals surface area contributed by atoms with E-state index in [0.717, 1.165) is 32.1 Å². The second kappa shape index (κ2) is 9.03. The Bertz CT molecular complexity index is 332. The Morgan fingerprint density at radius 2 is 1.76 bits per heavy atom. The summed E-state index contributed by atoms with van der Waals surface area (Å²) in [5.41, 5.74) is -0.289. The molecule has 1 aliphatic rings. The molecule has 1 saturated carbocycles. The van der Waals surface area contributed by atoms with Gasteiger partial charge in [-0.15, -0.1) is 0 Å². The van der Waals surface area contributed by atoms with E-state index in [4.69, 9.17) is 14.2 Å². The van der Waals surface area contributed by atoms with Crippen LogP contribution in [0.4, 0.5) is 0 Å². The molecule has 0 aliphatic heterocycles. The molecule has 122 valence electrons. The van der Waals surface area contributed by atoms with Crippen LogP contribution < -0.4 is 0 Å². The topological polar surface area (TPSA) is 61.8 Å². The minimum absolute atomic E-state index is 0.0824. The molecule has 0 heterocycles. The second-order valence-electron chi connectivity index (χ2n) is 5.95. The van der Waals surface area contributed by atoms with Gasteiger partial charge >= 0.3 is 11.9 Å². The molecule has 1 rings (SSSR count). The fraction of sp³-hybridized carbons (Fsp3) is 0.875. The van der Waals surface area contributed by atoms with Crippen LogP contribution in [0.25, 0.3) is 0 Å². The largest absolute Gasteiger partial charge is 0.463 e. The minimum Gasteiger partial charge on any atom is -0.463 e. The van der Waals surface area contributed by atoms with Gasteiger partial charge in [0.15, 0.2) is 0 Å². The fourth-order valence-corrected chi connectivity index (χ4v) is 2.52. The van der Waals surface area contributed by atoms with E-state index >= 15 is 0 Å². The van der Waals surface area contributed by atoms with Crippen molar-refractivity contribution in [3.05, 3.63) is 0 Å². The highest BCUT2D eigenvalue weighted by molar-refractivity contribution is 5.71. The lowest BCUT2D eigenvalue weighted by molar-refractivity contribution is -0.169. The highest BCUT2D eigenvalue weighted by Gasteiger charge is 2.33. The molecule has 0 amide bonds. The quantitative estimate of drug-likeness (QED) is 0.509. The van der Waals surface area contributed by atoms with Gasteiger partial charge in [-0.25, -0.2) is 4.79 Å². The predicted octanol–water partition coefficient (Wildman–Crippen LogP) is 2.86. The Hall–Kier alpha value is -1.10. The normalized spacial score (nSPS) is 17.5. The number of esters is 2. The van der Waals surface area contributed by atoms with E-state index in [0.29, 0.717) is 0 Å². The van der Waals surface area contributed by atoms with Gasteiger partial charge in [-0.05, 0) is 32.1 Å². The molecule has 0 aromatic rings. The molecule has 0 N–H and O–H groups in total. The first-order valence-electron chi connectivity index (χ1n) is 7.95. The van der Waals surface area contributed by atoms with Gasteiger partial charge in [0.25, 0.3) is 0 Å². The molecule has 0 aromatic heterocycles. The van der Waals surface area contributed by atoms with Gasteiger partial charge in [-0.2, -0.15) is 0 Å².